The van der Waals surface area contributed by atoms with Gasteiger partial charge in [-0.1, -0.05) is 163 Å². The Morgan fingerprint density at radius 3 is 0.911 bits per heavy atom. The second kappa shape index (κ2) is 15.0. The van der Waals surface area contributed by atoms with Gasteiger partial charge in [0.25, 0.3) is 0 Å². The molecule has 0 saturated carbocycles. The molecule has 0 saturated heterocycles. The van der Waals surface area contributed by atoms with E-state index in [9.17, 15) is 0 Å². The van der Waals surface area contributed by atoms with Crippen LogP contribution in [0.2, 0.25) is 0 Å². The highest BCUT2D eigenvalue weighted by atomic mass is 15.1. The van der Waals surface area contributed by atoms with Gasteiger partial charge < -0.3 is 9.80 Å². The third-order valence-corrected chi connectivity index (χ3v) is 10.7. The molecule has 0 aliphatic carbocycles. The van der Waals surface area contributed by atoms with Gasteiger partial charge in [-0.25, -0.2) is 0 Å². The summed E-state index contributed by atoms with van der Waals surface area (Å²) in [6.45, 7) is 13.6. The Bertz CT molecular complexity index is 2430. The first kappa shape index (κ1) is 36.6. The number of hydrogen-bond donors (Lipinski definition) is 0. The van der Waals surface area contributed by atoms with Crippen LogP contribution >= 0.6 is 0 Å². The van der Waals surface area contributed by atoms with E-state index in [1.807, 2.05) is 0 Å². The van der Waals surface area contributed by atoms with Gasteiger partial charge in [-0.05, 0) is 127 Å². The van der Waals surface area contributed by atoms with Crippen LogP contribution in [0.25, 0.3) is 33.7 Å². The summed E-state index contributed by atoms with van der Waals surface area (Å²) in [5.41, 5.74) is 11.9. The van der Waals surface area contributed by atoms with E-state index in [-0.39, 0.29) is 10.8 Å². The fraction of sp³-hybridized carbons (Fsp3) is 0.148. The van der Waals surface area contributed by atoms with Gasteiger partial charge in [0.05, 0.1) is 0 Å². The van der Waals surface area contributed by atoms with Crippen molar-refractivity contribution >= 4 is 67.8 Å². The number of fused-ring (bicyclic) bond motifs is 2. The molecule has 0 aromatic heterocycles. The number of hydrogen-bond acceptors (Lipinski definition) is 2. The zero-order valence-corrected chi connectivity index (χ0v) is 33.4. The molecule has 0 unspecified atom stereocenters. The summed E-state index contributed by atoms with van der Waals surface area (Å²) in [6.07, 6.45) is 4.40. The van der Waals surface area contributed by atoms with E-state index in [1.165, 1.54) is 32.7 Å². The lowest BCUT2D eigenvalue weighted by Crippen LogP contribution is -2.13. The average Bonchev–Trinajstić information content (AvgIpc) is 3.21. The Balaban J connectivity index is 1.07. The molecule has 0 bridgehead atoms. The molecule has 56 heavy (non-hydrogen) atoms. The molecule has 0 radical (unpaired) electrons. The molecule has 0 heterocycles. The largest absolute Gasteiger partial charge is 0.310 e. The Kier molecular flexibility index (Phi) is 9.83. The molecule has 0 amide bonds. The maximum Gasteiger partial charge on any atom is 0.0468 e. The molecule has 2 nitrogen and oxygen atoms in total. The SMILES string of the molecule is CC(C)(C)c1ccc(N(c2ccc(/C=C/c3ccc(N(c4ccc(C(C)(C)C)cc4)c4ccc5ccccc5c4)cc3)cc2)c2ccc3ccccc3c2)cc1. The Labute approximate surface area is 333 Å². The van der Waals surface area contributed by atoms with E-state index in [0.717, 1.165) is 45.3 Å². The summed E-state index contributed by atoms with van der Waals surface area (Å²) in [5, 5.41) is 4.93. The van der Waals surface area contributed by atoms with E-state index in [4.69, 9.17) is 0 Å². The molecule has 0 N–H and O–H groups in total. The maximum atomic E-state index is 2.35. The molecule has 8 rings (SSSR count). The van der Waals surface area contributed by atoms with Gasteiger partial charge in [-0.2, -0.15) is 0 Å². The minimum absolute atomic E-state index is 0.0929. The van der Waals surface area contributed by atoms with E-state index in [2.05, 4.69) is 245 Å². The van der Waals surface area contributed by atoms with Gasteiger partial charge in [0, 0.05) is 34.1 Å². The van der Waals surface area contributed by atoms with Crippen LogP contribution in [-0.4, -0.2) is 0 Å². The number of nitrogens with zero attached hydrogens (tertiary/aromatic N) is 2. The van der Waals surface area contributed by atoms with E-state index >= 15 is 0 Å². The van der Waals surface area contributed by atoms with Crippen LogP contribution in [0.15, 0.2) is 182 Å². The van der Waals surface area contributed by atoms with Gasteiger partial charge in [0.1, 0.15) is 0 Å². The smallest absolute Gasteiger partial charge is 0.0468 e. The van der Waals surface area contributed by atoms with Crippen LogP contribution in [0.1, 0.15) is 63.8 Å². The Hall–Kier alpha value is -6.38. The number of benzene rings is 8. The predicted molar refractivity (Wildman–Crippen MR) is 244 cm³/mol. The van der Waals surface area contributed by atoms with Crippen molar-refractivity contribution < 1.29 is 0 Å². The van der Waals surface area contributed by atoms with Crippen molar-refractivity contribution in [2.24, 2.45) is 0 Å². The predicted octanol–water partition coefficient (Wildman–Crippen LogP) is 15.7. The first-order valence-electron chi connectivity index (χ1n) is 19.7. The van der Waals surface area contributed by atoms with Crippen LogP contribution in [0.4, 0.5) is 34.1 Å². The van der Waals surface area contributed by atoms with Crippen LogP contribution in [-0.2, 0) is 10.8 Å². The minimum atomic E-state index is 0.0929. The normalized spacial score (nSPS) is 12.0. The summed E-state index contributed by atoms with van der Waals surface area (Å²) in [6, 6.07) is 66.3. The quantitative estimate of drug-likeness (QED) is 0.144. The number of anilines is 6. The fourth-order valence-corrected chi connectivity index (χ4v) is 7.41. The van der Waals surface area contributed by atoms with Crippen molar-refractivity contribution in [1.82, 2.24) is 0 Å². The second-order valence-electron chi connectivity index (χ2n) is 16.8. The van der Waals surface area contributed by atoms with Crippen molar-refractivity contribution in [2.75, 3.05) is 9.80 Å². The summed E-state index contributed by atoms with van der Waals surface area (Å²) in [4.78, 5) is 4.70. The monoisotopic (exact) mass is 726 g/mol. The highest BCUT2D eigenvalue weighted by Gasteiger charge is 2.18. The second-order valence-corrected chi connectivity index (χ2v) is 16.8. The fourth-order valence-electron chi connectivity index (χ4n) is 7.41. The standard InChI is InChI=1S/C54H50N2/c1-53(2,3)45-23-33-49(34-24-45)55(51-31-21-41-11-7-9-13-43(41)37-51)47-27-17-39(18-28-47)15-16-40-19-29-48(30-20-40)56(50-35-25-46(26-36-50)54(4,5)6)52-32-22-42-12-8-10-14-44(42)38-52/h7-38H,1-6H3/b16-15+. The van der Waals surface area contributed by atoms with Crippen molar-refractivity contribution in [2.45, 2.75) is 52.4 Å². The lowest BCUT2D eigenvalue weighted by atomic mass is 9.87. The zero-order valence-electron chi connectivity index (χ0n) is 33.4. The molecule has 276 valence electrons. The molecule has 0 atom stereocenters. The zero-order chi connectivity index (χ0) is 38.9. The van der Waals surface area contributed by atoms with Gasteiger partial charge >= 0.3 is 0 Å². The molecule has 0 spiro atoms. The highest BCUT2D eigenvalue weighted by molar-refractivity contribution is 5.91. The molecule has 8 aromatic carbocycles. The summed E-state index contributed by atoms with van der Waals surface area (Å²) in [5.74, 6) is 0. The third-order valence-electron chi connectivity index (χ3n) is 10.7. The van der Waals surface area contributed by atoms with Crippen LogP contribution in [0, 0.1) is 0 Å². The van der Waals surface area contributed by atoms with Crippen molar-refractivity contribution in [1.29, 1.82) is 0 Å². The molecule has 0 aliphatic rings. The van der Waals surface area contributed by atoms with E-state index in [1.54, 1.807) is 0 Å². The maximum absolute atomic E-state index is 2.35. The molecular weight excluding hydrogens is 677 g/mol. The highest BCUT2D eigenvalue weighted by Crippen LogP contribution is 2.39. The first-order chi connectivity index (χ1) is 27.0. The topological polar surface area (TPSA) is 6.48 Å². The lowest BCUT2D eigenvalue weighted by molar-refractivity contribution is 0.590. The molecule has 0 fully saturated rings. The van der Waals surface area contributed by atoms with E-state index in [0.29, 0.717) is 0 Å². The molecule has 0 aliphatic heterocycles. The lowest BCUT2D eigenvalue weighted by Gasteiger charge is -2.27. The van der Waals surface area contributed by atoms with Gasteiger partial charge in [0.2, 0.25) is 0 Å². The average molecular weight is 727 g/mol. The van der Waals surface area contributed by atoms with Crippen molar-refractivity contribution in [3.05, 3.63) is 204 Å². The van der Waals surface area contributed by atoms with Gasteiger partial charge in [-0.3, -0.25) is 0 Å². The van der Waals surface area contributed by atoms with Crippen molar-refractivity contribution in [3.63, 3.8) is 0 Å². The summed E-state index contributed by atoms with van der Waals surface area (Å²) < 4.78 is 0. The summed E-state index contributed by atoms with van der Waals surface area (Å²) in [7, 11) is 0. The Morgan fingerprint density at radius 2 is 0.589 bits per heavy atom. The van der Waals surface area contributed by atoms with E-state index < -0.39 is 0 Å². The molecular formula is C54H50N2. The first-order valence-corrected chi connectivity index (χ1v) is 19.7. The minimum Gasteiger partial charge on any atom is -0.310 e. The number of rotatable bonds is 8. The Morgan fingerprint density at radius 1 is 0.304 bits per heavy atom. The van der Waals surface area contributed by atoms with Crippen molar-refractivity contribution in [3.8, 4) is 0 Å². The van der Waals surface area contributed by atoms with Crippen LogP contribution < -0.4 is 9.80 Å². The van der Waals surface area contributed by atoms with Crippen LogP contribution in [0.3, 0.4) is 0 Å². The van der Waals surface area contributed by atoms with Gasteiger partial charge in [0.15, 0.2) is 0 Å². The molecule has 8 aromatic rings. The third kappa shape index (κ3) is 7.88. The van der Waals surface area contributed by atoms with Crippen LogP contribution in [0.5, 0.6) is 0 Å². The molecule has 2 heteroatoms. The summed E-state index contributed by atoms with van der Waals surface area (Å²) >= 11 is 0. The van der Waals surface area contributed by atoms with Gasteiger partial charge in [-0.15, -0.1) is 0 Å².